The Morgan fingerprint density at radius 1 is 1.06 bits per heavy atom. The number of aryl methyl sites for hydroxylation is 2. The second kappa shape index (κ2) is 4.26. The zero-order valence-corrected chi connectivity index (χ0v) is 10.6. The molecule has 0 atom stereocenters. The van der Waals surface area contributed by atoms with Crippen molar-refractivity contribution in [2.45, 2.75) is 20.4 Å². The summed E-state index contributed by atoms with van der Waals surface area (Å²) in [5, 5.41) is 0. The Labute approximate surface area is 106 Å². The van der Waals surface area contributed by atoms with E-state index in [9.17, 15) is 0 Å². The van der Waals surface area contributed by atoms with Crippen molar-refractivity contribution in [1.82, 2.24) is 9.97 Å². The average Bonchev–Trinajstić information content (AvgIpc) is 2.72. The molecule has 3 heteroatoms. The van der Waals surface area contributed by atoms with Crippen LogP contribution in [0.4, 0.5) is 0 Å². The largest absolute Gasteiger partial charge is 0.434 e. The van der Waals surface area contributed by atoms with Gasteiger partial charge in [-0.25, -0.2) is 4.57 Å². The molecule has 0 unspecified atom stereocenters. The Morgan fingerprint density at radius 3 is 2.56 bits per heavy atom. The van der Waals surface area contributed by atoms with Crippen LogP contribution >= 0.6 is 0 Å². The van der Waals surface area contributed by atoms with Crippen LogP contribution in [0.3, 0.4) is 0 Å². The van der Waals surface area contributed by atoms with Gasteiger partial charge in [0.1, 0.15) is 0 Å². The van der Waals surface area contributed by atoms with Gasteiger partial charge in [-0.05, 0) is 41.8 Å². The molecule has 18 heavy (non-hydrogen) atoms. The third-order valence-corrected chi connectivity index (χ3v) is 3.19. The van der Waals surface area contributed by atoms with Crippen molar-refractivity contribution in [2.24, 2.45) is 0 Å². The monoisotopic (exact) mass is 237 g/mol. The van der Waals surface area contributed by atoms with Crippen molar-refractivity contribution in [3.63, 3.8) is 0 Å². The van der Waals surface area contributed by atoms with Gasteiger partial charge >= 0.3 is 0 Å². The van der Waals surface area contributed by atoms with Crippen molar-refractivity contribution < 1.29 is 4.57 Å². The van der Waals surface area contributed by atoms with E-state index in [0.717, 1.165) is 16.9 Å². The van der Waals surface area contributed by atoms with Crippen LogP contribution < -0.4 is 9.55 Å². The minimum atomic E-state index is 0.716. The summed E-state index contributed by atoms with van der Waals surface area (Å²) in [4.78, 5) is 9.16. The van der Waals surface area contributed by atoms with Gasteiger partial charge in [-0.15, -0.1) is 0 Å². The molecule has 3 rings (SSSR count). The first-order chi connectivity index (χ1) is 8.72. The lowest BCUT2D eigenvalue weighted by atomic mass is 10.1. The van der Waals surface area contributed by atoms with Crippen molar-refractivity contribution in [1.29, 1.82) is 0 Å². The molecule has 0 aliphatic rings. The van der Waals surface area contributed by atoms with E-state index in [1.165, 1.54) is 11.1 Å². The molecular weight excluding hydrogens is 222 g/mol. The lowest BCUT2D eigenvalue weighted by Crippen LogP contribution is -2.33. The minimum absolute atomic E-state index is 0.716. The maximum absolute atomic E-state index is 4.58. The lowest BCUT2D eigenvalue weighted by molar-refractivity contribution is -0.689. The molecule has 0 fully saturated rings. The highest BCUT2D eigenvalue weighted by molar-refractivity contribution is 5.76. The maximum atomic E-state index is 4.58. The quantitative estimate of drug-likeness (QED) is 0.639. The molecule has 0 saturated carbocycles. The third kappa shape index (κ3) is 1.99. The zero-order valence-electron chi connectivity index (χ0n) is 10.6. The second-order valence-corrected chi connectivity index (χ2v) is 4.61. The SMILES string of the molecule is Cc1cc2nc(C[n+]3ccccc3)[n-]c2cc1C. The zero-order chi connectivity index (χ0) is 12.5. The summed E-state index contributed by atoms with van der Waals surface area (Å²) in [6.07, 6.45) is 4.05. The number of aromatic nitrogens is 3. The first-order valence-electron chi connectivity index (χ1n) is 6.07. The van der Waals surface area contributed by atoms with E-state index < -0.39 is 0 Å². The van der Waals surface area contributed by atoms with Gasteiger partial charge in [0.15, 0.2) is 18.9 Å². The van der Waals surface area contributed by atoms with Gasteiger partial charge in [-0.1, -0.05) is 18.2 Å². The minimum Gasteiger partial charge on any atom is -0.434 e. The van der Waals surface area contributed by atoms with Crippen LogP contribution in [-0.2, 0) is 6.54 Å². The van der Waals surface area contributed by atoms with Gasteiger partial charge in [0.05, 0.1) is 0 Å². The predicted molar refractivity (Wildman–Crippen MR) is 70.3 cm³/mol. The van der Waals surface area contributed by atoms with Crippen molar-refractivity contribution in [2.75, 3.05) is 0 Å². The first-order valence-corrected chi connectivity index (χ1v) is 6.07. The number of benzene rings is 1. The van der Waals surface area contributed by atoms with Crippen LogP contribution in [0.25, 0.3) is 11.0 Å². The Bertz CT molecular complexity index is 645. The Kier molecular flexibility index (Phi) is 2.59. The summed E-state index contributed by atoms with van der Waals surface area (Å²) >= 11 is 0. The highest BCUT2D eigenvalue weighted by Crippen LogP contribution is 2.16. The van der Waals surface area contributed by atoms with Gasteiger partial charge in [0, 0.05) is 12.1 Å². The fourth-order valence-corrected chi connectivity index (χ4v) is 2.04. The van der Waals surface area contributed by atoms with E-state index in [0.29, 0.717) is 6.54 Å². The van der Waals surface area contributed by atoms with Gasteiger partial charge in [-0.2, -0.15) is 0 Å². The first kappa shape index (κ1) is 11.0. The number of nitrogens with zero attached hydrogens (tertiary/aromatic N) is 3. The Balaban J connectivity index is 1.99. The van der Waals surface area contributed by atoms with Crippen molar-refractivity contribution in [3.05, 3.63) is 59.7 Å². The highest BCUT2D eigenvalue weighted by atomic mass is 15.0. The van der Waals surface area contributed by atoms with Crippen molar-refractivity contribution >= 4 is 11.0 Å². The molecule has 0 aliphatic carbocycles. The van der Waals surface area contributed by atoms with Crippen LogP contribution in [0.1, 0.15) is 17.0 Å². The predicted octanol–water partition coefficient (Wildman–Crippen LogP) is 2.14. The summed E-state index contributed by atoms with van der Waals surface area (Å²) in [5.41, 5.74) is 4.51. The highest BCUT2D eigenvalue weighted by Gasteiger charge is 2.00. The van der Waals surface area contributed by atoms with Crippen LogP contribution in [0, 0.1) is 13.8 Å². The van der Waals surface area contributed by atoms with E-state index in [-0.39, 0.29) is 0 Å². The molecule has 3 aromatic rings. The number of pyridine rings is 1. The Morgan fingerprint density at radius 2 is 1.78 bits per heavy atom. The molecule has 0 aliphatic heterocycles. The number of rotatable bonds is 2. The number of fused-ring (bicyclic) bond motifs is 1. The molecule has 2 heterocycles. The molecule has 0 spiro atoms. The Hall–Kier alpha value is -2.16. The van der Waals surface area contributed by atoms with E-state index in [1.807, 2.05) is 30.6 Å². The molecule has 0 saturated heterocycles. The third-order valence-electron chi connectivity index (χ3n) is 3.19. The van der Waals surface area contributed by atoms with Gasteiger partial charge in [0.2, 0.25) is 0 Å². The molecule has 90 valence electrons. The summed E-state index contributed by atoms with van der Waals surface area (Å²) in [5.74, 6) is 0.867. The normalized spacial score (nSPS) is 11.0. The topological polar surface area (TPSA) is 30.9 Å². The molecule has 0 amide bonds. The summed E-state index contributed by atoms with van der Waals surface area (Å²) in [6.45, 7) is 4.93. The summed E-state index contributed by atoms with van der Waals surface area (Å²) in [7, 11) is 0. The van der Waals surface area contributed by atoms with E-state index in [4.69, 9.17) is 0 Å². The lowest BCUT2D eigenvalue weighted by Gasteiger charge is -2.01. The van der Waals surface area contributed by atoms with E-state index >= 15 is 0 Å². The average molecular weight is 237 g/mol. The molecule has 2 aromatic heterocycles. The van der Waals surface area contributed by atoms with Crippen LogP contribution in [0.5, 0.6) is 0 Å². The maximum Gasteiger partial charge on any atom is 0.169 e. The standard InChI is InChI=1S/C15H15N3/c1-11-8-13-14(9-12(11)2)17-15(16-13)10-18-6-4-3-5-7-18/h3-9H,10H2,1-2H3. The molecule has 3 nitrogen and oxygen atoms in total. The van der Waals surface area contributed by atoms with Crippen LogP contribution in [0.2, 0.25) is 0 Å². The van der Waals surface area contributed by atoms with Gasteiger partial charge < -0.3 is 9.97 Å². The number of imidazole rings is 1. The van der Waals surface area contributed by atoms with Crippen LogP contribution in [-0.4, -0.2) is 4.98 Å². The summed E-state index contributed by atoms with van der Waals surface area (Å²) in [6, 6.07) is 10.2. The van der Waals surface area contributed by atoms with Crippen LogP contribution in [0.15, 0.2) is 42.7 Å². The van der Waals surface area contributed by atoms with Gasteiger partial charge in [0.25, 0.3) is 0 Å². The molecule has 0 bridgehead atoms. The van der Waals surface area contributed by atoms with Crippen molar-refractivity contribution in [3.8, 4) is 0 Å². The molecule has 0 radical (unpaired) electrons. The fourth-order valence-electron chi connectivity index (χ4n) is 2.04. The number of hydrogen-bond acceptors (Lipinski definition) is 1. The van der Waals surface area contributed by atoms with E-state index in [1.54, 1.807) is 0 Å². The number of hydrogen-bond donors (Lipinski definition) is 0. The fraction of sp³-hybridized carbons (Fsp3) is 0.200. The molecule has 1 aromatic carbocycles. The second-order valence-electron chi connectivity index (χ2n) is 4.61. The van der Waals surface area contributed by atoms with E-state index in [2.05, 4.69) is 40.5 Å². The van der Waals surface area contributed by atoms with Gasteiger partial charge in [-0.3, -0.25) is 0 Å². The molecule has 0 N–H and O–H groups in total. The molecular formula is C15H15N3. The summed E-state index contributed by atoms with van der Waals surface area (Å²) < 4.78 is 2.08. The smallest absolute Gasteiger partial charge is 0.169 e.